The lowest BCUT2D eigenvalue weighted by Crippen LogP contribution is -2.43. The van der Waals surface area contributed by atoms with Crippen molar-refractivity contribution in [3.8, 4) is 0 Å². The van der Waals surface area contributed by atoms with Gasteiger partial charge in [-0.3, -0.25) is 9.97 Å². The number of rotatable bonds is 12. The molecule has 6 rings (SSSR count). The van der Waals surface area contributed by atoms with Gasteiger partial charge >= 0.3 is 0 Å². The first-order chi connectivity index (χ1) is 22.8. The Kier molecular flexibility index (Phi) is 10.4. The summed E-state index contributed by atoms with van der Waals surface area (Å²) in [5, 5.41) is 10.3. The molecule has 9 nitrogen and oxygen atoms in total. The molecule has 0 saturated carbocycles. The zero-order valence-electron chi connectivity index (χ0n) is 26.6. The number of likely N-dealkylation sites (N-methyl/N-ethyl adjacent to an activating group) is 1. The van der Waals surface area contributed by atoms with Crippen LogP contribution in [-0.2, 0) is 39.1 Å². The number of sulfonamides is 1. The third-order valence-corrected chi connectivity index (χ3v) is 10.1. The molecular weight excluding hydrogens is 612 g/mol. The molecule has 0 aliphatic carbocycles. The number of hydrogen-bond acceptors (Lipinski definition) is 8. The van der Waals surface area contributed by atoms with Gasteiger partial charge in [-0.25, -0.2) is 13.1 Å². The van der Waals surface area contributed by atoms with Crippen LogP contribution in [-0.4, -0.2) is 54.6 Å². The van der Waals surface area contributed by atoms with E-state index in [4.69, 9.17) is 9.47 Å². The van der Waals surface area contributed by atoms with Crippen LogP contribution in [0.1, 0.15) is 47.3 Å². The Bertz CT molecular complexity index is 1870. The Morgan fingerprint density at radius 2 is 1.55 bits per heavy atom. The lowest BCUT2D eigenvalue weighted by Gasteiger charge is -2.42. The van der Waals surface area contributed by atoms with E-state index < -0.39 is 16.3 Å². The van der Waals surface area contributed by atoms with Crippen molar-refractivity contribution in [1.82, 2.24) is 19.6 Å². The fourth-order valence-corrected chi connectivity index (χ4v) is 7.11. The van der Waals surface area contributed by atoms with E-state index in [0.29, 0.717) is 12.1 Å². The van der Waals surface area contributed by atoms with Gasteiger partial charge in [-0.1, -0.05) is 79.7 Å². The Morgan fingerprint density at radius 1 is 0.830 bits per heavy atom. The maximum absolute atomic E-state index is 13.2. The Hall–Kier alpha value is -4.03. The molecule has 0 spiro atoms. The van der Waals surface area contributed by atoms with Crippen LogP contribution < -0.4 is 4.72 Å². The van der Waals surface area contributed by atoms with E-state index in [2.05, 4.69) is 33.6 Å². The van der Waals surface area contributed by atoms with Crippen LogP contribution in [0.3, 0.4) is 0 Å². The first-order valence-corrected chi connectivity index (χ1v) is 17.3. The van der Waals surface area contributed by atoms with Gasteiger partial charge < -0.3 is 19.5 Å². The third-order valence-electron chi connectivity index (χ3n) is 8.69. The summed E-state index contributed by atoms with van der Waals surface area (Å²) in [7, 11) is -1.70. The second-order valence-corrected chi connectivity index (χ2v) is 13.8. The van der Waals surface area contributed by atoms with Crippen molar-refractivity contribution in [2.75, 3.05) is 20.1 Å². The fraction of sp³-hybridized carbons (Fsp3) is 0.297. The molecule has 1 unspecified atom stereocenters. The summed E-state index contributed by atoms with van der Waals surface area (Å²) in [6.07, 6.45) is 3.29. The number of benzene rings is 3. The first-order valence-electron chi connectivity index (χ1n) is 15.8. The lowest BCUT2D eigenvalue weighted by atomic mass is 9.90. The highest BCUT2D eigenvalue weighted by Gasteiger charge is 2.38. The van der Waals surface area contributed by atoms with E-state index >= 15 is 0 Å². The van der Waals surface area contributed by atoms with E-state index in [1.54, 1.807) is 24.4 Å². The summed E-state index contributed by atoms with van der Waals surface area (Å²) in [5.41, 5.74) is 5.01. The number of hydrogen-bond donors (Lipinski definition) is 2. The van der Waals surface area contributed by atoms with Crippen LogP contribution in [0.4, 0.5) is 0 Å². The third kappa shape index (κ3) is 7.93. The van der Waals surface area contributed by atoms with Crippen molar-refractivity contribution < 1.29 is 23.0 Å². The fourth-order valence-electron chi connectivity index (χ4n) is 5.92. The summed E-state index contributed by atoms with van der Waals surface area (Å²) in [5.74, 6) is 0.0563. The van der Waals surface area contributed by atoms with Gasteiger partial charge in [0.15, 0.2) is 6.29 Å². The van der Waals surface area contributed by atoms with Gasteiger partial charge in [0.05, 0.1) is 24.3 Å². The zero-order chi connectivity index (χ0) is 32.8. The molecule has 244 valence electrons. The van der Waals surface area contributed by atoms with Crippen LogP contribution in [0.5, 0.6) is 0 Å². The molecule has 10 heteroatoms. The maximum Gasteiger partial charge on any atom is 0.243 e. The molecule has 0 radical (unpaired) electrons. The average Bonchev–Trinajstić information content (AvgIpc) is 3.11. The normalized spacial score (nSPS) is 20.1. The highest BCUT2D eigenvalue weighted by molar-refractivity contribution is 7.89. The Balaban J connectivity index is 1.16. The molecule has 5 aromatic rings. The van der Waals surface area contributed by atoms with Crippen molar-refractivity contribution in [1.29, 1.82) is 0 Å². The van der Waals surface area contributed by atoms with Gasteiger partial charge in [-0.15, -0.1) is 0 Å². The van der Waals surface area contributed by atoms with Crippen molar-refractivity contribution in [2.45, 2.75) is 49.9 Å². The number of aliphatic hydroxyl groups is 1. The summed E-state index contributed by atoms with van der Waals surface area (Å²) < 4.78 is 42.4. The number of aromatic nitrogens is 2. The number of ether oxygens (including phenoxy) is 2. The number of nitrogens with one attached hydrogen (secondary N) is 1. The number of para-hydroxylation sites is 1. The quantitative estimate of drug-likeness (QED) is 0.180. The van der Waals surface area contributed by atoms with Gasteiger partial charge in [-0.2, -0.15) is 0 Å². The smallest absolute Gasteiger partial charge is 0.243 e. The molecule has 47 heavy (non-hydrogen) atoms. The maximum atomic E-state index is 13.2. The topological polar surface area (TPSA) is 114 Å². The molecule has 2 aromatic heterocycles. The molecule has 2 N–H and O–H groups in total. The summed E-state index contributed by atoms with van der Waals surface area (Å²) in [6, 6.07) is 30.2. The molecule has 0 amide bonds. The summed E-state index contributed by atoms with van der Waals surface area (Å²) in [6.45, 7) is 3.81. The number of fused-ring (bicyclic) bond motifs is 1. The lowest BCUT2D eigenvalue weighted by molar-refractivity contribution is -0.275. The molecule has 1 aliphatic heterocycles. The Morgan fingerprint density at radius 3 is 2.30 bits per heavy atom. The van der Waals surface area contributed by atoms with Crippen molar-refractivity contribution in [2.24, 2.45) is 5.92 Å². The highest BCUT2D eigenvalue weighted by atomic mass is 32.2. The molecule has 1 fully saturated rings. The van der Waals surface area contributed by atoms with Crippen LogP contribution in [0.25, 0.3) is 10.9 Å². The van der Waals surface area contributed by atoms with Crippen LogP contribution in [0.15, 0.2) is 114 Å². The highest BCUT2D eigenvalue weighted by Crippen LogP contribution is 2.41. The zero-order valence-corrected chi connectivity index (χ0v) is 27.4. The molecule has 3 aromatic carbocycles. The molecule has 3 heterocycles. The van der Waals surface area contributed by atoms with Crippen molar-refractivity contribution in [3.63, 3.8) is 0 Å². The van der Waals surface area contributed by atoms with E-state index in [0.717, 1.165) is 46.3 Å². The van der Waals surface area contributed by atoms with Crippen molar-refractivity contribution in [3.05, 3.63) is 137 Å². The second-order valence-electron chi connectivity index (χ2n) is 12.1. The molecule has 1 saturated heterocycles. The predicted molar refractivity (Wildman–Crippen MR) is 181 cm³/mol. The van der Waals surface area contributed by atoms with Gasteiger partial charge in [0, 0.05) is 61.0 Å². The van der Waals surface area contributed by atoms with Gasteiger partial charge in [-0.05, 0) is 48.0 Å². The largest absolute Gasteiger partial charge is 0.392 e. The van der Waals surface area contributed by atoms with Crippen LogP contribution >= 0.6 is 0 Å². The SMILES string of the molecule is C[C@H]1[C@@H](CN(C)CCc2ccccn2)OC(c2ccc(CNS(=O)(=O)c3cccc4cccnc34)cc2)O[C@H]1c1ccc(CO)cc1. The minimum atomic E-state index is -3.79. The summed E-state index contributed by atoms with van der Waals surface area (Å²) >= 11 is 0. The Labute approximate surface area is 276 Å². The van der Waals surface area contributed by atoms with Gasteiger partial charge in [0.25, 0.3) is 0 Å². The first kappa shape index (κ1) is 32.9. The van der Waals surface area contributed by atoms with Crippen LogP contribution in [0, 0.1) is 5.92 Å². The molecule has 1 aliphatic rings. The minimum Gasteiger partial charge on any atom is -0.392 e. The molecular formula is C37H40N4O5S. The predicted octanol–water partition coefficient (Wildman–Crippen LogP) is 5.57. The van der Waals surface area contributed by atoms with Crippen LogP contribution in [0.2, 0.25) is 0 Å². The standard InChI is InChI=1S/C37H40N4O5S/c1-26-33(24-41(2)22-19-32-9-3-4-20-38-32)45-37(46-36(26)30-15-13-28(25-42)14-16-30)31-17-11-27(12-18-31)23-40-47(43,44)34-10-5-7-29-8-6-21-39-35(29)34/h3-18,20-21,26,33,36-37,40,42H,19,22-25H2,1-2H3/t26-,33+,36+,37?/m0/s1. The van der Waals surface area contributed by atoms with Crippen molar-refractivity contribution >= 4 is 20.9 Å². The minimum absolute atomic E-state index is 0.0158. The molecule has 4 atom stereocenters. The number of nitrogens with zero attached hydrogens (tertiary/aromatic N) is 3. The van der Waals surface area contributed by atoms with E-state index in [1.807, 2.05) is 85.1 Å². The van der Waals surface area contributed by atoms with E-state index in [9.17, 15) is 13.5 Å². The summed E-state index contributed by atoms with van der Waals surface area (Å²) in [4.78, 5) is 11.2. The van der Waals surface area contributed by atoms with E-state index in [-0.39, 0.29) is 36.2 Å². The van der Waals surface area contributed by atoms with Gasteiger partial charge in [0.1, 0.15) is 4.90 Å². The van der Waals surface area contributed by atoms with Gasteiger partial charge in [0.2, 0.25) is 10.0 Å². The monoisotopic (exact) mass is 652 g/mol. The second kappa shape index (κ2) is 14.8. The van der Waals surface area contributed by atoms with E-state index in [1.165, 1.54) is 0 Å². The number of aliphatic hydroxyl groups excluding tert-OH is 1. The molecule has 0 bridgehead atoms. The number of pyridine rings is 2. The average molecular weight is 653 g/mol.